The fraction of sp³-hybridized carbons (Fsp3) is 0.353. The number of carbonyl (C=O) groups is 1. The number of rotatable bonds is 2. The molecule has 1 heterocycles. The predicted molar refractivity (Wildman–Crippen MR) is 84.0 cm³/mol. The maximum atomic E-state index is 12.6. The SMILES string of the molecule is Cc1ccsc1C(=O)c1cc(C)c(O)c(C(C)(C)C)c1. The van der Waals surface area contributed by atoms with E-state index in [1.54, 1.807) is 6.07 Å². The first-order valence-electron chi connectivity index (χ1n) is 6.64. The zero-order chi connectivity index (χ0) is 15.1. The fourth-order valence-corrected chi connectivity index (χ4v) is 3.11. The van der Waals surface area contributed by atoms with Gasteiger partial charge in [0.25, 0.3) is 0 Å². The van der Waals surface area contributed by atoms with Gasteiger partial charge in [-0.1, -0.05) is 20.8 Å². The predicted octanol–water partition coefficient (Wildman–Crippen LogP) is 4.60. The third-order valence-electron chi connectivity index (χ3n) is 3.44. The monoisotopic (exact) mass is 288 g/mol. The molecule has 0 aliphatic carbocycles. The van der Waals surface area contributed by atoms with Gasteiger partial charge in [0.2, 0.25) is 5.78 Å². The maximum Gasteiger partial charge on any atom is 0.203 e. The summed E-state index contributed by atoms with van der Waals surface area (Å²) in [7, 11) is 0. The number of hydrogen-bond acceptors (Lipinski definition) is 3. The first-order chi connectivity index (χ1) is 9.21. The molecule has 1 N–H and O–H groups in total. The molecule has 0 unspecified atom stereocenters. The van der Waals surface area contributed by atoms with Crippen LogP contribution in [0.4, 0.5) is 0 Å². The molecule has 20 heavy (non-hydrogen) atoms. The van der Waals surface area contributed by atoms with Crippen LogP contribution < -0.4 is 0 Å². The molecule has 1 aromatic carbocycles. The lowest BCUT2D eigenvalue weighted by Crippen LogP contribution is -2.14. The summed E-state index contributed by atoms with van der Waals surface area (Å²) in [6.07, 6.45) is 0. The van der Waals surface area contributed by atoms with E-state index < -0.39 is 0 Å². The van der Waals surface area contributed by atoms with Gasteiger partial charge in [0.1, 0.15) is 5.75 Å². The van der Waals surface area contributed by atoms with Crippen molar-refractivity contribution in [3.05, 3.63) is 50.7 Å². The Balaban J connectivity index is 2.57. The minimum atomic E-state index is -0.199. The quantitative estimate of drug-likeness (QED) is 0.820. The second-order valence-corrected chi connectivity index (χ2v) is 7.12. The fourth-order valence-electron chi connectivity index (χ4n) is 2.22. The van der Waals surface area contributed by atoms with Crippen molar-refractivity contribution in [3.63, 3.8) is 0 Å². The van der Waals surface area contributed by atoms with Crippen molar-refractivity contribution in [2.75, 3.05) is 0 Å². The number of phenolic OH excluding ortho intramolecular Hbond substituents is 1. The third-order valence-corrected chi connectivity index (χ3v) is 4.45. The van der Waals surface area contributed by atoms with Crippen molar-refractivity contribution in [1.29, 1.82) is 0 Å². The van der Waals surface area contributed by atoms with E-state index in [0.29, 0.717) is 5.56 Å². The van der Waals surface area contributed by atoms with Gasteiger partial charge in [0.05, 0.1) is 4.88 Å². The van der Waals surface area contributed by atoms with Crippen molar-refractivity contribution in [2.24, 2.45) is 0 Å². The molecular formula is C17H20O2S. The van der Waals surface area contributed by atoms with Crippen LogP contribution in [-0.2, 0) is 5.41 Å². The first-order valence-corrected chi connectivity index (χ1v) is 7.52. The van der Waals surface area contributed by atoms with Crippen LogP contribution in [0.2, 0.25) is 0 Å². The number of thiophene rings is 1. The number of aryl methyl sites for hydroxylation is 2. The summed E-state index contributed by atoms with van der Waals surface area (Å²) in [5, 5.41) is 12.1. The van der Waals surface area contributed by atoms with Crippen molar-refractivity contribution in [1.82, 2.24) is 0 Å². The molecule has 0 saturated carbocycles. The number of aromatic hydroxyl groups is 1. The topological polar surface area (TPSA) is 37.3 Å². The summed E-state index contributed by atoms with van der Waals surface area (Å²) in [5.41, 5.74) is 3.01. The average molecular weight is 288 g/mol. The summed E-state index contributed by atoms with van der Waals surface area (Å²) >= 11 is 1.46. The Morgan fingerprint density at radius 3 is 2.30 bits per heavy atom. The van der Waals surface area contributed by atoms with E-state index >= 15 is 0 Å². The Bertz CT molecular complexity index is 660. The minimum absolute atomic E-state index is 0.0334. The maximum absolute atomic E-state index is 12.6. The molecule has 2 nitrogen and oxygen atoms in total. The number of phenols is 1. The van der Waals surface area contributed by atoms with Gasteiger partial charge in [-0.2, -0.15) is 0 Å². The molecule has 1 aromatic heterocycles. The van der Waals surface area contributed by atoms with E-state index in [4.69, 9.17) is 0 Å². The van der Waals surface area contributed by atoms with Crippen LogP contribution in [0.5, 0.6) is 5.75 Å². The van der Waals surface area contributed by atoms with E-state index in [1.807, 2.05) is 52.1 Å². The summed E-state index contributed by atoms with van der Waals surface area (Å²) in [5.74, 6) is 0.322. The summed E-state index contributed by atoms with van der Waals surface area (Å²) in [6.45, 7) is 9.88. The number of ketones is 1. The molecule has 0 atom stereocenters. The molecule has 3 heteroatoms. The molecule has 2 rings (SSSR count). The zero-order valence-electron chi connectivity index (χ0n) is 12.6. The van der Waals surface area contributed by atoms with Gasteiger partial charge in [-0.3, -0.25) is 4.79 Å². The van der Waals surface area contributed by atoms with Crippen molar-refractivity contribution in [3.8, 4) is 5.75 Å². The number of carbonyl (C=O) groups excluding carboxylic acids is 1. The Morgan fingerprint density at radius 2 is 1.80 bits per heavy atom. The van der Waals surface area contributed by atoms with Crippen LogP contribution in [0, 0.1) is 13.8 Å². The molecular weight excluding hydrogens is 268 g/mol. The van der Waals surface area contributed by atoms with E-state index in [-0.39, 0.29) is 16.9 Å². The number of benzene rings is 1. The van der Waals surface area contributed by atoms with Crippen LogP contribution in [0.25, 0.3) is 0 Å². The minimum Gasteiger partial charge on any atom is -0.507 e. The molecule has 0 aliphatic heterocycles. The lowest BCUT2D eigenvalue weighted by Gasteiger charge is -2.22. The summed E-state index contributed by atoms with van der Waals surface area (Å²) in [4.78, 5) is 13.4. The van der Waals surface area contributed by atoms with E-state index in [0.717, 1.165) is 21.6 Å². The molecule has 106 valence electrons. The molecule has 0 aliphatic rings. The van der Waals surface area contributed by atoms with E-state index in [9.17, 15) is 9.90 Å². The highest BCUT2D eigenvalue weighted by Crippen LogP contribution is 2.35. The molecule has 0 saturated heterocycles. The molecule has 2 aromatic rings. The van der Waals surface area contributed by atoms with Gasteiger partial charge >= 0.3 is 0 Å². The van der Waals surface area contributed by atoms with Crippen LogP contribution in [0.3, 0.4) is 0 Å². The smallest absolute Gasteiger partial charge is 0.203 e. The van der Waals surface area contributed by atoms with Gasteiger partial charge in [-0.15, -0.1) is 11.3 Å². The molecule has 0 amide bonds. The van der Waals surface area contributed by atoms with Gasteiger partial charge in [0.15, 0.2) is 0 Å². The van der Waals surface area contributed by atoms with Crippen LogP contribution in [0.1, 0.15) is 52.7 Å². The lowest BCUT2D eigenvalue weighted by molar-refractivity contribution is 0.104. The lowest BCUT2D eigenvalue weighted by atomic mass is 9.83. The summed E-state index contributed by atoms with van der Waals surface area (Å²) in [6, 6.07) is 5.55. The van der Waals surface area contributed by atoms with Crippen molar-refractivity contribution in [2.45, 2.75) is 40.0 Å². The highest BCUT2D eigenvalue weighted by molar-refractivity contribution is 7.12. The highest BCUT2D eigenvalue weighted by atomic mass is 32.1. The Labute approximate surface area is 124 Å². The van der Waals surface area contributed by atoms with Gasteiger partial charge in [-0.05, 0) is 54.0 Å². The standard InChI is InChI=1S/C17H20O2S/c1-10-6-7-20-16(10)15(19)12-8-11(2)14(18)13(9-12)17(3,4)5/h6-9,18H,1-5H3. The van der Waals surface area contributed by atoms with Crippen LogP contribution in [0.15, 0.2) is 23.6 Å². The molecule has 0 spiro atoms. The second-order valence-electron chi connectivity index (χ2n) is 6.20. The molecule has 0 fully saturated rings. The first kappa shape index (κ1) is 14.8. The van der Waals surface area contributed by atoms with Gasteiger partial charge < -0.3 is 5.11 Å². The van der Waals surface area contributed by atoms with Gasteiger partial charge in [0, 0.05) is 11.1 Å². The van der Waals surface area contributed by atoms with E-state index in [1.165, 1.54) is 11.3 Å². The highest BCUT2D eigenvalue weighted by Gasteiger charge is 2.23. The number of hydrogen-bond donors (Lipinski definition) is 1. The van der Waals surface area contributed by atoms with Crippen molar-refractivity contribution < 1.29 is 9.90 Å². The van der Waals surface area contributed by atoms with E-state index in [2.05, 4.69) is 0 Å². The Kier molecular flexibility index (Phi) is 3.74. The normalized spacial score (nSPS) is 11.7. The summed E-state index contributed by atoms with van der Waals surface area (Å²) < 4.78 is 0. The second kappa shape index (κ2) is 5.06. The molecule has 0 bridgehead atoms. The average Bonchev–Trinajstić information content (AvgIpc) is 2.76. The zero-order valence-corrected chi connectivity index (χ0v) is 13.4. The molecule has 0 radical (unpaired) electrons. The largest absolute Gasteiger partial charge is 0.507 e. The van der Waals surface area contributed by atoms with Crippen molar-refractivity contribution >= 4 is 17.1 Å². The Morgan fingerprint density at radius 1 is 1.15 bits per heavy atom. The van der Waals surface area contributed by atoms with Gasteiger partial charge in [-0.25, -0.2) is 0 Å². The van der Waals surface area contributed by atoms with Crippen LogP contribution >= 0.6 is 11.3 Å². The third kappa shape index (κ3) is 2.63. The Hall–Kier alpha value is -1.61. The van der Waals surface area contributed by atoms with Crippen LogP contribution in [-0.4, -0.2) is 10.9 Å².